The first-order valence-electron chi connectivity index (χ1n) is 8.03. The standard InChI is InChI=1S/C17H19FN4O2S/c1-11-2-3-13(18)14(8-11)21-16(24)5-4-15(23)19-9-12-10-22-6-7-25-17(22)20-12/h2-3,8,10H,4-7,9H2,1H3,(H,19,23)(H,21,24). The lowest BCUT2D eigenvalue weighted by atomic mass is 10.2. The van der Waals surface area contributed by atoms with Crippen LogP contribution in [0.1, 0.15) is 24.1 Å². The van der Waals surface area contributed by atoms with Crippen molar-refractivity contribution >= 4 is 29.3 Å². The van der Waals surface area contributed by atoms with E-state index in [1.165, 1.54) is 6.07 Å². The normalized spacial score (nSPS) is 12.7. The largest absolute Gasteiger partial charge is 0.350 e. The van der Waals surface area contributed by atoms with Crippen LogP contribution in [0.15, 0.2) is 29.6 Å². The number of halogens is 1. The number of benzene rings is 1. The SMILES string of the molecule is Cc1ccc(F)c(NC(=O)CCC(=O)NCc2cn3c(n2)SCC3)c1. The molecule has 0 aliphatic carbocycles. The molecular formula is C17H19FN4O2S. The van der Waals surface area contributed by atoms with Crippen LogP contribution >= 0.6 is 11.8 Å². The topological polar surface area (TPSA) is 76.0 Å². The van der Waals surface area contributed by atoms with Gasteiger partial charge < -0.3 is 15.2 Å². The Kier molecular flexibility index (Phi) is 5.37. The zero-order chi connectivity index (χ0) is 17.8. The van der Waals surface area contributed by atoms with Gasteiger partial charge in [0.1, 0.15) is 5.82 Å². The number of nitrogens with zero attached hydrogens (tertiary/aromatic N) is 2. The third kappa shape index (κ3) is 4.60. The van der Waals surface area contributed by atoms with Gasteiger partial charge in [-0.05, 0) is 24.6 Å². The van der Waals surface area contributed by atoms with Gasteiger partial charge in [0.05, 0.1) is 17.9 Å². The summed E-state index contributed by atoms with van der Waals surface area (Å²) in [7, 11) is 0. The van der Waals surface area contributed by atoms with Crippen molar-refractivity contribution in [2.24, 2.45) is 0 Å². The molecule has 2 aromatic rings. The van der Waals surface area contributed by atoms with Gasteiger partial charge in [-0.15, -0.1) is 0 Å². The van der Waals surface area contributed by atoms with Gasteiger partial charge in [-0.1, -0.05) is 17.8 Å². The highest BCUT2D eigenvalue weighted by molar-refractivity contribution is 7.99. The van der Waals surface area contributed by atoms with E-state index in [1.54, 1.807) is 23.9 Å². The Morgan fingerprint density at radius 1 is 1.32 bits per heavy atom. The second-order valence-corrected chi connectivity index (χ2v) is 6.93. The summed E-state index contributed by atoms with van der Waals surface area (Å²) in [5, 5.41) is 6.22. The smallest absolute Gasteiger partial charge is 0.224 e. The number of anilines is 1. The highest BCUT2D eigenvalue weighted by atomic mass is 32.2. The molecule has 0 spiro atoms. The molecule has 1 aromatic carbocycles. The van der Waals surface area contributed by atoms with Crippen molar-refractivity contribution in [3.63, 3.8) is 0 Å². The number of carbonyl (C=O) groups excluding carboxylic acids is 2. The van der Waals surface area contributed by atoms with Gasteiger partial charge in [0, 0.05) is 31.3 Å². The lowest BCUT2D eigenvalue weighted by Crippen LogP contribution is -2.24. The average molecular weight is 362 g/mol. The summed E-state index contributed by atoms with van der Waals surface area (Å²) in [5.74, 6) is -0.0854. The predicted octanol–water partition coefficient (Wildman–Crippen LogP) is 2.47. The molecule has 0 bridgehead atoms. The van der Waals surface area contributed by atoms with E-state index in [4.69, 9.17) is 0 Å². The van der Waals surface area contributed by atoms with Crippen molar-refractivity contribution in [2.75, 3.05) is 11.1 Å². The van der Waals surface area contributed by atoms with Crippen LogP contribution in [-0.2, 0) is 22.7 Å². The molecule has 0 atom stereocenters. The molecule has 132 valence electrons. The van der Waals surface area contributed by atoms with Gasteiger partial charge in [-0.3, -0.25) is 9.59 Å². The molecule has 2 heterocycles. The highest BCUT2D eigenvalue weighted by Crippen LogP contribution is 2.24. The zero-order valence-corrected chi connectivity index (χ0v) is 14.7. The maximum absolute atomic E-state index is 13.6. The molecule has 1 aromatic heterocycles. The molecule has 6 nitrogen and oxygen atoms in total. The van der Waals surface area contributed by atoms with Crippen LogP contribution < -0.4 is 10.6 Å². The molecule has 0 fully saturated rings. The van der Waals surface area contributed by atoms with E-state index in [-0.39, 0.29) is 24.4 Å². The van der Waals surface area contributed by atoms with Crippen LogP contribution in [0.2, 0.25) is 0 Å². The number of aromatic nitrogens is 2. The fraction of sp³-hybridized carbons (Fsp3) is 0.353. The lowest BCUT2D eigenvalue weighted by molar-refractivity contribution is -0.124. The molecule has 2 amide bonds. The Labute approximate surface area is 149 Å². The number of carbonyl (C=O) groups is 2. The summed E-state index contributed by atoms with van der Waals surface area (Å²) < 4.78 is 15.7. The van der Waals surface area contributed by atoms with E-state index < -0.39 is 11.7 Å². The summed E-state index contributed by atoms with van der Waals surface area (Å²) in [4.78, 5) is 28.2. The van der Waals surface area contributed by atoms with Gasteiger partial charge >= 0.3 is 0 Å². The van der Waals surface area contributed by atoms with Crippen LogP contribution in [0, 0.1) is 12.7 Å². The van der Waals surface area contributed by atoms with Crippen LogP contribution in [0.4, 0.5) is 10.1 Å². The molecule has 0 saturated heterocycles. The highest BCUT2D eigenvalue weighted by Gasteiger charge is 2.15. The summed E-state index contributed by atoms with van der Waals surface area (Å²) >= 11 is 1.70. The fourth-order valence-corrected chi connectivity index (χ4v) is 3.46. The molecule has 2 N–H and O–H groups in total. The van der Waals surface area contributed by atoms with Crippen LogP contribution in [0.25, 0.3) is 0 Å². The maximum atomic E-state index is 13.6. The number of nitrogens with one attached hydrogen (secondary N) is 2. The number of hydrogen-bond donors (Lipinski definition) is 2. The number of aryl methyl sites for hydroxylation is 2. The van der Waals surface area contributed by atoms with E-state index in [9.17, 15) is 14.0 Å². The molecular weight excluding hydrogens is 343 g/mol. The third-order valence-corrected chi connectivity index (χ3v) is 4.77. The molecule has 1 aliphatic rings. The van der Waals surface area contributed by atoms with Crippen molar-refractivity contribution in [1.29, 1.82) is 0 Å². The average Bonchev–Trinajstić information content (AvgIpc) is 3.16. The molecule has 25 heavy (non-hydrogen) atoms. The Morgan fingerprint density at radius 3 is 2.92 bits per heavy atom. The molecule has 1 aliphatic heterocycles. The van der Waals surface area contributed by atoms with Crippen LogP contribution in [0.3, 0.4) is 0 Å². The number of fused-ring (bicyclic) bond motifs is 1. The number of rotatable bonds is 6. The minimum absolute atomic E-state index is 0.00520. The Morgan fingerprint density at radius 2 is 2.12 bits per heavy atom. The number of hydrogen-bond acceptors (Lipinski definition) is 4. The van der Waals surface area contributed by atoms with Gasteiger partial charge in [-0.25, -0.2) is 9.37 Å². The number of imidazole rings is 1. The third-order valence-electron chi connectivity index (χ3n) is 3.79. The molecule has 8 heteroatoms. The maximum Gasteiger partial charge on any atom is 0.224 e. The van der Waals surface area contributed by atoms with E-state index >= 15 is 0 Å². The van der Waals surface area contributed by atoms with Gasteiger partial charge in [-0.2, -0.15) is 0 Å². The Balaban J connectivity index is 1.42. The fourth-order valence-electron chi connectivity index (χ4n) is 2.50. The minimum atomic E-state index is -0.492. The van der Waals surface area contributed by atoms with Crippen molar-refractivity contribution < 1.29 is 14.0 Å². The summed E-state index contributed by atoms with van der Waals surface area (Å²) in [6.07, 6.45) is 1.97. The minimum Gasteiger partial charge on any atom is -0.350 e. The van der Waals surface area contributed by atoms with Crippen molar-refractivity contribution in [3.8, 4) is 0 Å². The van der Waals surface area contributed by atoms with Crippen LogP contribution in [0.5, 0.6) is 0 Å². The quantitative estimate of drug-likeness (QED) is 0.828. The van der Waals surface area contributed by atoms with E-state index in [0.717, 1.165) is 28.7 Å². The van der Waals surface area contributed by atoms with Crippen LogP contribution in [-0.4, -0.2) is 27.1 Å². The van der Waals surface area contributed by atoms with Crippen molar-refractivity contribution in [2.45, 2.75) is 38.0 Å². The molecule has 0 saturated carbocycles. The summed E-state index contributed by atoms with van der Waals surface area (Å²) in [6, 6.07) is 4.49. The van der Waals surface area contributed by atoms with Gasteiger partial charge in [0.15, 0.2) is 5.16 Å². The van der Waals surface area contributed by atoms with Gasteiger partial charge in [0.25, 0.3) is 0 Å². The molecule has 0 radical (unpaired) electrons. The zero-order valence-electron chi connectivity index (χ0n) is 13.8. The molecule has 3 rings (SSSR count). The summed E-state index contributed by atoms with van der Waals surface area (Å²) in [6.45, 7) is 3.09. The summed E-state index contributed by atoms with van der Waals surface area (Å²) in [5.41, 5.74) is 1.79. The first kappa shape index (κ1) is 17.5. The Bertz CT molecular complexity index is 784. The van der Waals surface area contributed by atoms with E-state index in [2.05, 4.69) is 20.2 Å². The molecule has 0 unspecified atom stereocenters. The Hall–Kier alpha value is -2.35. The van der Waals surface area contributed by atoms with Crippen molar-refractivity contribution in [3.05, 3.63) is 41.5 Å². The van der Waals surface area contributed by atoms with Gasteiger partial charge in [0.2, 0.25) is 11.8 Å². The lowest BCUT2D eigenvalue weighted by Gasteiger charge is -2.07. The monoisotopic (exact) mass is 362 g/mol. The number of amides is 2. The van der Waals surface area contributed by atoms with E-state index in [1.807, 2.05) is 13.1 Å². The first-order chi connectivity index (χ1) is 12.0. The van der Waals surface area contributed by atoms with E-state index in [0.29, 0.717) is 6.54 Å². The predicted molar refractivity (Wildman–Crippen MR) is 93.8 cm³/mol. The second-order valence-electron chi connectivity index (χ2n) is 5.86. The first-order valence-corrected chi connectivity index (χ1v) is 9.01. The van der Waals surface area contributed by atoms with Crippen molar-refractivity contribution in [1.82, 2.24) is 14.9 Å². The number of thioether (sulfide) groups is 1. The second kappa shape index (κ2) is 7.69.